The summed E-state index contributed by atoms with van der Waals surface area (Å²) in [5.74, 6) is 1.51. The van der Waals surface area contributed by atoms with Crippen LogP contribution in [-0.2, 0) is 18.4 Å². The summed E-state index contributed by atoms with van der Waals surface area (Å²) in [6, 6.07) is 1.92. The Morgan fingerprint density at radius 3 is 2.75 bits per heavy atom. The van der Waals surface area contributed by atoms with E-state index in [1.165, 1.54) is 0 Å². The highest BCUT2D eigenvalue weighted by atomic mass is 16.5. The molecule has 6 nitrogen and oxygen atoms in total. The Kier molecular flexibility index (Phi) is 4.68. The van der Waals surface area contributed by atoms with E-state index in [0.717, 1.165) is 35.7 Å². The molecule has 0 radical (unpaired) electrons. The van der Waals surface area contributed by atoms with E-state index >= 15 is 0 Å². The molecule has 2 aromatic heterocycles. The molecule has 0 aliphatic rings. The summed E-state index contributed by atoms with van der Waals surface area (Å²) in [7, 11) is 3.57. The molecule has 2 aromatic rings. The van der Waals surface area contributed by atoms with E-state index in [2.05, 4.69) is 27.3 Å². The van der Waals surface area contributed by atoms with Crippen LogP contribution in [-0.4, -0.2) is 33.4 Å². The third kappa shape index (κ3) is 3.14. The van der Waals surface area contributed by atoms with Gasteiger partial charge in [0, 0.05) is 32.5 Å². The van der Waals surface area contributed by atoms with Crippen molar-refractivity contribution < 1.29 is 4.74 Å². The summed E-state index contributed by atoms with van der Waals surface area (Å²) in [4.78, 5) is 9.11. The number of aryl methyl sites for hydroxylation is 1. The molecule has 0 saturated heterocycles. The summed E-state index contributed by atoms with van der Waals surface area (Å²) in [6.45, 7) is 5.48. The number of anilines is 1. The average Bonchev–Trinajstić information content (AvgIpc) is 2.77. The number of methoxy groups -OCH3 is 1. The van der Waals surface area contributed by atoms with Crippen LogP contribution in [0.5, 0.6) is 0 Å². The lowest BCUT2D eigenvalue weighted by atomic mass is 10.2. The topological polar surface area (TPSA) is 64.9 Å². The fourth-order valence-electron chi connectivity index (χ4n) is 1.90. The van der Waals surface area contributed by atoms with Gasteiger partial charge in [-0.05, 0) is 13.3 Å². The van der Waals surface area contributed by atoms with Gasteiger partial charge in [0.2, 0.25) is 0 Å². The van der Waals surface area contributed by atoms with Crippen LogP contribution in [0, 0.1) is 6.92 Å². The smallest absolute Gasteiger partial charge is 0.165 e. The Hall–Kier alpha value is -1.95. The zero-order valence-electron chi connectivity index (χ0n) is 12.5. The predicted molar refractivity (Wildman–Crippen MR) is 78.5 cm³/mol. The molecule has 108 valence electrons. The second-order valence-corrected chi connectivity index (χ2v) is 4.70. The van der Waals surface area contributed by atoms with Crippen molar-refractivity contribution in [2.75, 3.05) is 19.0 Å². The van der Waals surface area contributed by atoms with Gasteiger partial charge in [-0.3, -0.25) is 4.68 Å². The second kappa shape index (κ2) is 6.47. The molecule has 0 saturated carbocycles. The summed E-state index contributed by atoms with van der Waals surface area (Å²) in [5.41, 5.74) is 2.85. The SMILES string of the molecule is CCCNc1cc(COC)nc(-c2cnn(C)c2C)n1. The van der Waals surface area contributed by atoms with Gasteiger partial charge in [-0.15, -0.1) is 0 Å². The highest BCUT2D eigenvalue weighted by Crippen LogP contribution is 2.21. The van der Waals surface area contributed by atoms with Crippen LogP contribution in [0.15, 0.2) is 12.3 Å². The third-order valence-corrected chi connectivity index (χ3v) is 3.10. The lowest BCUT2D eigenvalue weighted by molar-refractivity contribution is 0.181. The van der Waals surface area contributed by atoms with Crippen molar-refractivity contribution in [3.05, 3.63) is 23.7 Å². The van der Waals surface area contributed by atoms with Gasteiger partial charge < -0.3 is 10.1 Å². The van der Waals surface area contributed by atoms with E-state index in [1.54, 1.807) is 13.3 Å². The van der Waals surface area contributed by atoms with Crippen molar-refractivity contribution in [2.24, 2.45) is 7.05 Å². The third-order valence-electron chi connectivity index (χ3n) is 3.10. The van der Waals surface area contributed by atoms with Gasteiger partial charge in [0.05, 0.1) is 24.1 Å². The fourth-order valence-corrected chi connectivity index (χ4v) is 1.90. The zero-order valence-corrected chi connectivity index (χ0v) is 12.5. The molecule has 20 heavy (non-hydrogen) atoms. The Morgan fingerprint density at radius 1 is 1.35 bits per heavy atom. The van der Waals surface area contributed by atoms with E-state index in [0.29, 0.717) is 12.4 Å². The van der Waals surface area contributed by atoms with Crippen LogP contribution in [0.1, 0.15) is 24.7 Å². The molecule has 0 fully saturated rings. The summed E-state index contributed by atoms with van der Waals surface area (Å²) < 4.78 is 7.00. The van der Waals surface area contributed by atoms with Crippen LogP contribution in [0.25, 0.3) is 11.4 Å². The molecular formula is C14H21N5O. The highest BCUT2D eigenvalue weighted by Gasteiger charge is 2.12. The van der Waals surface area contributed by atoms with Gasteiger partial charge in [0.25, 0.3) is 0 Å². The Bertz CT molecular complexity index is 579. The summed E-state index contributed by atoms with van der Waals surface area (Å²) >= 11 is 0. The van der Waals surface area contributed by atoms with Gasteiger partial charge in [-0.25, -0.2) is 9.97 Å². The molecular weight excluding hydrogens is 254 g/mol. The van der Waals surface area contributed by atoms with Crippen molar-refractivity contribution in [3.8, 4) is 11.4 Å². The lowest BCUT2D eigenvalue weighted by Crippen LogP contribution is -2.06. The number of hydrogen-bond donors (Lipinski definition) is 1. The maximum Gasteiger partial charge on any atom is 0.165 e. The Labute approximate surface area is 119 Å². The van der Waals surface area contributed by atoms with Crippen molar-refractivity contribution >= 4 is 5.82 Å². The van der Waals surface area contributed by atoms with Crippen LogP contribution >= 0.6 is 0 Å². The Balaban J connectivity index is 2.40. The molecule has 0 atom stereocenters. The number of rotatable bonds is 6. The molecule has 0 unspecified atom stereocenters. The minimum Gasteiger partial charge on any atom is -0.378 e. The number of ether oxygens (including phenoxy) is 1. The molecule has 0 aromatic carbocycles. The van der Waals surface area contributed by atoms with E-state index in [1.807, 2.05) is 24.7 Å². The van der Waals surface area contributed by atoms with Gasteiger partial charge >= 0.3 is 0 Å². The van der Waals surface area contributed by atoms with Gasteiger partial charge in [-0.2, -0.15) is 5.10 Å². The molecule has 2 heterocycles. The number of nitrogens with one attached hydrogen (secondary N) is 1. The van der Waals surface area contributed by atoms with Gasteiger partial charge in [0.1, 0.15) is 5.82 Å². The first-order valence-corrected chi connectivity index (χ1v) is 6.75. The number of nitrogens with zero attached hydrogens (tertiary/aromatic N) is 4. The first kappa shape index (κ1) is 14.5. The average molecular weight is 275 g/mol. The van der Waals surface area contributed by atoms with E-state index in [4.69, 9.17) is 4.74 Å². The maximum atomic E-state index is 5.17. The minimum absolute atomic E-state index is 0.468. The van der Waals surface area contributed by atoms with E-state index in [-0.39, 0.29) is 0 Å². The predicted octanol–water partition coefficient (Wildman–Crippen LogP) is 2.15. The first-order valence-electron chi connectivity index (χ1n) is 6.75. The standard InChI is InChI=1S/C14H21N5O/c1-5-6-15-13-7-11(9-20-4)17-14(18-13)12-8-16-19(3)10(12)2/h7-8H,5-6,9H2,1-4H3,(H,15,17,18). The molecule has 0 spiro atoms. The molecule has 0 aliphatic heterocycles. The Morgan fingerprint density at radius 2 is 2.15 bits per heavy atom. The van der Waals surface area contributed by atoms with Crippen molar-refractivity contribution in [3.63, 3.8) is 0 Å². The van der Waals surface area contributed by atoms with Gasteiger partial charge in [-0.1, -0.05) is 6.92 Å². The molecule has 0 amide bonds. The number of hydrogen-bond acceptors (Lipinski definition) is 5. The minimum atomic E-state index is 0.468. The molecule has 0 bridgehead atoms. The fraction of sp³-hybridized carbons (Fsp3) is 0.500. The van der Waals surface area contributed by atoms with Crippen LogP contribution in [0.3, 0.4) is 0 Å². The zero-order chi connectivity index (χ0) is 14.5. The lowest BCUT2D eigenvalue weighted by Gasteiger charge is -2.09. The molecule has 0 aliphatic carbocycles. The molecule has 2 rings (SSSR count). The maximum absolute atomic E-state index is 5.17. The molecule has 1 N–H and O–H groups in total. The van der Waals surface area contributed by atoms with Crippen molar-refractivity contribution in [2.45, 2.75) is 26.9 Å². The first-order chi connectivity index (χ1) is 9.65. The van der Waals surface area contributed by atoms with Crippen LogP contribution in [0.4, 0.5) is 5.82 Å². The van der Waals surface area contributed by atoms with Crippen LogP contribution in [0.2, 0.25) is 0 Å². The highest BCUT2D eigenvalue weighted by molar-refractivity contribution is 5.59. The summed E-state index contributed by atoms with van der Waals surface area (Å²) in [5, 5.41) is 7.54. The molecule has 6 heteroatoms. The second-order valence-electron chi connectivity index (χ2n) is 4.70. The number of aromatic nitrogens is 4. The van der Waals surface area contributed by atoms with Crippen molar-refractivity contribution in [1.29, 1.82) is 0 Å². The van der Waals surface area contributed by atoms with E-state index in [9.17, 15) is 0 Å². The largest absolute Gasteiger partial charge is 0.378 e. The normalized spacial score (nSPS) is 10.8. The van der Waals surface area contributed by atoms with E-state index < -0.39 is 0 Å². The quantitative estimate of drug-likeness (QED) is 0.875. The van der Waals surface area contributed by atoms with Crippen molar-refractivity contribution in [1.82, 2.24) is 19.7 Å². The summed E-state index contributed by atoms with van der Waals surface area (Å²) in [6.07, 6.45) is 2.84. The van der Waals surface area contributed by atoms with Crippen LogP contribution < -0.4 is 5.32 Å². The van der Waals surface area contributed by atoms with Gasteiger partial charge in [0.15, 0.2) is 5.82 Å². The monoisotopic (exact) mass is 275 g/mol.